The van der Waals surface area contributed by atoms with Crippen molar-refractivity contribution in [3.8, 4) is 11.1 Å². The fraction of sp³-hybridized carbons (Fsp3) is 0.118. The average Bonchev–Trinajstić information content (AvgIpc) is 2.51. The highest BCUT2D eigenvalue weighted by atomic mass is 16.6. The van der Waals surface area contributed by atoms with E-state index in [0.717, 1.165) is 16.7 Å². The van der Waals surface area contributed by atoms with Crippen LogP contribution in [0.25, 0.3) is 11.1 Å². The Morgan fingerprint density at radius 3 is 2.25 bits per heavy atom. The van der Waals surface area contributed by atoms with Crippen LogP contribution in [0.2, 0.25) is 0 Å². The topological polar surface area (TPSA) is 46.5 Å². The van der Waals surface area contributed by atoms with Crippen LogP contribution in [0.4, 0.5) is 0 Å². The first-order chi connectivity index (χ1) is 9.74. The average molecular weight is 266 g/mol. The fourth-order valence-electron chi connectivity index (χ4n) is 2.24. The molecule has 3 rings (SSSR count). The van der Waals surface area contributed by atoms with Gasteiger partial charge in [-0.25, -0.2) is 0 Å². The van der Waals surface area contributed by atoms with E-state index in [2.05, 4.69) is 0 Å². The van der Waals surface area contributed by atoms with Crippen LogP contribution in [-0.4, -0.2) is 17.2 Å². The highest BCUT2D eigenvalue weighted by molar-refractivity contribution is 5.95. The Morgan fingerprint density at radius 2 is 1.55 bits per heavy atom. The zero-order valence-electron chi connectivity index (χ0n) is 10.8. The molecule has 20 heavy (non-hydrogen) atoms. The van der Waals surface area contributed by atoms with E-state index < -0.39 is 12.4 Å². The number of ether oxygens (including phenoxy) is 1. The smallest absolute Gasteiger partial charge is 0.188 e. The van der Waals surface area contributed by atoms with Crippen LogP contribution in [-0.2, 0) is 9.53 Å². The predicted molar refractivity (Wildman–Crippen MR) is 75.9 cm³/mol. The molecular weight excluding hydrogens is 252 g/mol. The second kappa shape index (κ2) is 5.41. The Hall–Kier alpha value is -2.23. The molecule has 0 bridgehead atoms. The summed E-state index contributed by atoms with van der Waals surface area (Å²) < 4.78 is 5.25. The van der Waals surface area contributed by atoms with Gasteiger partial charge in [-0.3, -0.25) is 4.79 Å². The third-order valence-corrected chi connectivity index (χ3v) is 3.28. The van der Waals surface area contributed by atoms with Crippen LogP contribution < -0.4 is 0 Å². The first-order valence-corrected chi connectivity index (χ1v) is 6.45. The van der Waals surface area contributed by atoms with E-state index in [-0.39, 0.29) is 5.78 Å². The Bertz CT molecular complexity index is 629. The minimum absolute atomic E-state index is 0.150. The molecule has 0 fully saturated rings. The summed E-state index contributed by atoms with van der Waals surface area (Å²) in [7, 11) is 0. The molecule has 0 aliphatic carbocycles. The molecule has 2 aromatic carbocycles. The van der Waals surface area contributed by atoms with Gasteiger partial charge in [0, 0.05) is 0 Å². The summed E-state index contributed by atoms with van der Waals surface area (Å²) in [5.41, 5.74) is 2.95. The van der Waals surface area contributed by atoms with E-state index in [0.29, 0.717) is 0 Å². The molecule has 3 nitrogen and oxygen atoms in total. The molecule has 2 aromatic rings. The minimum atomic E-state index is -1.02. The van der Waals surface area contributed by atoms with Gasteiger partial charge >= 0.3 is 0 Å². The van der Waals surface area contributed by atoms with E-state index in [9.17, 15) is 9.90 Å². The van der Waals surface area contributed by atoms with E-state index in [1.807, 2.05) is 54.6 Å². The second-order valence-electron chi connectivity index (χ2n) is 4.66. The number of aliphatic hydroxyl groups is 1. The molecule has 0 saturated heterocycles. The maximum absolute atomic E-state index is 11.8. The summed E-state index contributed by atoms with van der Waals surface area (Å²) in [6.07, 6.45) is 0.965. The minimum Gasteiger partial charge on any atom is -0.365 e. The van der Waals surface area contributed by atoms with Crippen molar-refractivity contribution < 1.29 is 14.6 Å². The lowest BCUT2D eigenvalue weighted by atomic mass is 9.99. The van der Waals surface area contributed by atoms with E-state index >= 15 is 0 Å². The largest absolute Gasteiger partial charge is 0.365 e. The van der Waals surface area contributed by atoms with Gasteiger partial charge in [-0.2, -0.15) is 0 Å². The Labute approximate surface area is 117 Å². The zero-order valence-corrected chi connectivity index (χ0v) is 10.8. The summed E-state index contributed by atoms with van der Waals surface area (Å²) in [6.45, 7) is 0. The number of carbonyl (C=O) groups excluding carboxylic acids is 1. The van der Waals surface area contributed by atoms with Gasteiger partial charge in [-0.15, -0.1) is 0 Å². The lowest BCUT2D eigenvalue weighted by molar-refractivity contribution is -0.149. The van der Waals surface area contributed by atoms with Crippen LogP contribution in [0.5, 0.6) is 0 Å². The number of aliphatic hydroxyl groups excluding tert-OH is 1. The molecule has 100 valence electrons. The molecule has 1 aliphatic rings. The lowest BCUT2D eigenvalue weighted by Crippen LogP contribution is -2.24. The van der Waals surface area contributed by atoms with Crippen LogP contribution in [0.15, 0.2) is 66.7 Å². The molecule has 0 radical (unpaired) electrons. The molecule has 0 saturated carbocycles. The van der Waals surface area contributed by atoms with Gasteiger partial charge in [0.2, 0.25) is 0 Å². The Kier molecular flexibility index (Phi) is 3.46. The fourth-order valence-corrected chi connectivity index (χ4v) is 2.24. The predicted octanol–water partition coefficient (Wildman–Crippen LogP) is 2.87. The van der Waals surface area contributed by atoms with Crippen molar-refractivity contribution in [2.24, 2.45) is 0 Å². The molecule has 0 spiro atoms. The summed E-state index contributed by atoms with van der Waals surface area (Å²) in [4.78, 5) is 11.8. The number of rotatable bonds is 2. The summed E-state index contributed by atoms with van der Waals surface area (Å²) in [5.74, 6) is -0.150. The molecule has 0 unspecified atom stereocenters. The molecule has 1 heterocycles. The van der Waals surface area contributed by atoms with Crippen molar-refractivity contribution in [1.29, 1.82) is 0 Å². The zero-order chi connectivity index (χ0) is 13.9. The highest BCUT2D eigenvalue weighted by Crippen LogP contribution is 2.27. The van der Waals surface area contributed by atoms with Gasteiger partial charge in [0.15, 0.2) is 12.1 Å². The molecule has 3 heteroatoms. The third-order valence-electron chi connectivity index (χ3n) is 3.28. The number of hydrogen-bond donors (Lipinski definition) is 1. The van der Waals surface area contributed by atoms with Crippen LogP contribution in [0.3, 0.4) is 0 Å². The molecule has 2 atom stereocenters. The third kappa shape index (κ3) is 2.54. The molecule has 0 amide bonds. The van der Waals surface area contributed by atoms with Gasteiger partial charge in [-0.05, 0) is 28.8 Å². The Balaban J connectivity index is 1.87. The summed E-state index contributed by atoms with van der Waals surface area (Å²) in [5, 5.41) is 9.43. The quantitative estimate of drug-likeness (QED) is 0.909. The van der Waals surface area contributed by atoms with Crippen molar-refractivity contribution >= 4 is 5.78 Å². The van der Waals surface area contributed by atoms with Crippen molar-refractivity contribution in [2.75, 3.05) is 0 Å². The molecule has 0 aromatic heterocycles. The maximum Gasteiger partial charge on any atom is 0.188 e. The summed E-state index contributed by atoms with van der Waals surface area (Å²) >= 11 is 0. The van der Waals surface area contributed by atoms with Gasteiger partial charge in [0.25, 0.3) is 0 Å². The van der Waals surface area contributed by atoms with Gasteiger partial charge in [-0.1, -0.05) is 54.6 Å². The first-order valence-electron chi connectivity index (χ1n) is 6.45. The van der Waals surface area contributed by atoms with Crippen LogP contribution >= 0.6 is 0 Å². The van der Waals surface area contributed by atoms with Gasteiger partial charge in [0.05, 0.1) is 0 Å². The van der Waals surface area contributed by atoms with Crippen molar-refractivity contribution in [3.63, 3.8) is 0 Å². The number of hydrogen-bond acceptors (Lipinski definition) is 3. The van der Waals surface area contributed by atoms with Crippen molar-refractivity contribution in [3.05, 3.63) is 72.3 Å². The molecule has 1 N–H and O–H groups in total. The van der Waals surface area contributed by atoms with Crippen molar-refractivity contribution in [1.82, 2.24) is 0 Å². The summed E-state index contributed by atoms with van der Waals surface area (Å²) in [6, 6.07) is 17.6. The standard InChI is InChI=1S/C17H14O3/c18-15-10-11-16(19)20-17(15)14-8-6-13(7-9-14)12-4-2-1-3-5-12/h1-11,16-17,19H/t16-,17-/m0/s1. The molecular formula is C17H14O3. The normalized spacial score (nSPS) is 21.9. The second-order valence-corrected chi connectivity index (χ2v) is 4.66. The van der Waals surface area contributed by atoms with Crippen LogP contribution in [0.1, 0.15) is 11.7 Å². The van der Waals surface area contributed by atoms with E-state index in [1.165, 1.54) is 12.2 Å². The Morgan fingerprint density at radius 1 is 0.900 bits per heavy atom. The first kappa shape index (κ1) is 12.8. The van der Waals surface area contributed by atoms with Gasteiger partial charge in [0.1, 0.15) is 6.10 Å². The monoisotopic (exact) mass is 266 g/mol. The maximum atomic E-state index is 11.8. The van der Waals surface area contributed by atoms with Crippen LogP contribution in [0, 0.1) is 0 Å². The number of benzene rings is 2. The lowest BCUT2D eigenvalue weighted by Gasteiger charge is -2.21. The SMILES string of the molecule is O=C1C=C[C@@H](O)O[C@H]1c1ccc(-c2ccccc2)cc1. The van der Waals surface area contributed by atoms with Crippen molar-refractivity contribution in [2.45, 2.75) is 12.4 Å². The number of carbonyl (C=O) groups is 1. The highest BCUT2D eigenvalue weighted by Gasteiger charge is 2.25. The van der Waals surface area contributed by atoms with Gasteiger partial charge < -0.3 is 9.84 Å². The molecule has 1 aliphatic heterocycles. The number of ketones is 1. The van der Waals surface area contributed by atoms with E-state index in [1.54, 1.807) is 0 Å². The van der Waals surface area contributed by atoms with E-state index in [4.69, 9.17) is 4.74 Å².